The van der Waals surface area contributed by atoms with E-state index in [1.165, 1.54) is 12.0 Å². The molecule has 4 nitrogen and oxygen atoms in total. The van der Waals surface area contributed by atoms with Gasteiger partial charge in [0.2, 0.25) is 0 Å². The fourth-order valence-electron chi connectivity index (χ4n) is 2.61. The summed E-state index contributed by atoms with van der Waals surface area (Å²) in [5.74, 6) is 1.75. The third-order valence-corrected chi connectivity index (χ3v) is 3.76. The molecule has 2 heterocycles. The van der Waals surface area contributed by atoms with Crippen molar-refractivity contribution >= 4 is 5.82 Å². The van der Waals surface area contributed by atoms with Gasteiger partial charge in [-0.2, -0.15) is 0 Å². The van der Waals surface area contributed by atoms with Crippen LogP contribution in [-0.4, -0.2) is 38.3 Å². The maximum Gasteiger partial charge on any atom is 0.128 e. The highest BCUT2D eigenvalue weighted by Crippen LogP contribution is 2.23. The molecule has 0 aromatic carbocycles. The van der Waals surface area contributed by atoms with Crippen LogP contribution in [0.2, 0.25) is 0 Å². The molecule has 1 atom stereocenters. The van der Waals surface area contributed by atoms with Crippen LogP contribution in [0.15, 0.2) is 12.1 Å². The molecule has 19 heavy (non-hydrogen) atoms. The van der Waals surface area contributed by atoms with Crippen LogP contribution in [0, 0.1) is 12.8 Å². The first-order valence-electron chi connectivity index (χ1n) is 7.15. The Morgan fingerprint density at radius 2 is 2.32 bits per heavy atom. The fourth-order valence-corrected chi connectivity index (χ4v) is 2.61. The van der Waals surface area contributed by atoms with E-state index in [-0.39, 0.29) is 0 Å². The van der Waals surface area contributed by atoms with Gasteiger partial charge in [-0.15, -0.1) is 0 Å². The minimum absolute atomic E-state index is 0.647. The minimum Gasteiger partial charge on any atom is -0.384 e. The number of nitrogens with one attached hydrogen (secondary N) is 1. The van der Waals surface area contributed by atoms with Crippen molar-refractivity contribution in [2.75, 3.05) is 38.3 Å². The van der Waals surface area contributed by atoms with Crippen LogP contribution in [0.1, 0.15) is 24.6 Å². The van der Waals surface area contributed by atoms with E-state index in [1.54, 1.807) is 7.11 Å². The van der Waals surface area contributed by atoms with Gasteiger partial charge in [-0.3, -0.25) is 0 Å². The maximum atomic E-state index is 5.24. The molecule has 0 spiro atoms. The number of pyridine rings is 1. The average Bonchev–Trinajstić information content (AvgIpc) is 2.86. The Bertz CT molecular complexity index is 408. The first kappa shape index (κ1) is 14.3. The van der Waals surface area contributed by atoms with Crippen molar-refractivity contribution in [3.63, 3.8) is 0 Å². The van der Waals surface area contributed by atoms with Crippen molar-refractivity contribution in [1.29, 1.82) is 0 Å². The Hall–Kier alpha value is -1.13. The van der Waals surface area contributed by atoms with Crippen molar-refractivity contribution in [2.45, 2.75) is 26.8 Å². The summed E-state index contributed by atoms with van der Waals surface area (Å²) >= 11 is 0. The molecule has 1 aromatic rings. The van der Waals surface area contributed by atoms with Crippen LogP contribution in [0.25, 0.3) is 0 Å². The van der Waals surface area contributed by atoms with E-state index in [0.29, 0.717) is 5.92 Å². The molecule has 4 heteroatoms. The molecule has 1 saturated heterocycles. The van der Waals surface area contributed by atoms with E-state index >= 15 is 0 Å². The summed E-state index contributed by atoms with van der Waals surface area (Å²) in [5, 5.41) is 3.35. The topological polar surface area (TPSA) is 37.4 Å². The highest BCUT2D eigenvalue weighted by molar-refractivity contribution is 5.42. The second-order valence-corrected chi connectivity index (χ2v) is 5.25. The molecule has 0 radical (unpaired) electrons. The normalized spacial score (nSPS) is 19.1. The van der Waals surface area contributed by atoms with Gasteiger partial charge in [0.25, 0.3) is 0 Å². The van der Waals surface area contributed by atoms with E-state index in [1.807, 2.05) is 0 Å². The van der Waals surface area contributed by atoms with Gasteiger partial charge in [-0.1, -0.05) is 13.0 Å². The summed E-state index contributed by atoms with van der Waals surface area (Å²) in [5.41, 5.74) is 2.42. The molecular formula is C15H25N3O. The van der Waals surface area contributed by atoms with Gasteiger partial charge < -0.3 is 15.0 Å². The molecule has 1 aliphatic rings. The van der Waals surface area contributed by atoms with Crippen LogP contribution in [0.3, 0.4) is 0 Å². The summed E-state index contributed by atoms with van der Waals surface area (Å²) in [7, 11) is 1.78. The Kier molecular flexibility index (Phi) is 5.16. The molecular weight excluding hydrogens is 238 g/mol. The zero-order chi connectivity index (χ0) is 13.7. The largest absolute Gasteiger partial charge is 0.384 e. The van der Waals surface area contributed by atoms with Crippen LogP contribution in [-0.2, 0) is 11.3 Å². The third-order valence-electron chi connectivity index (χ3n) is 3.76. The number of hydrogen-bond acceptors (Lipinski definition) is 4. The second kappa shape index (κ2) is 6.87. The third kappa shape index (κ3) is 3.67. The zero-order valence-corrected chi connectivity index (χ0v) is 12.3. The zero-order valence-electron chi connectivity index (χ0n) is 12.3. The number of ether oxygens (including phenoxy) is 1. The van der Waals surface area contributed by atoms with E-state index in [0.717, 1.165) is 44.3 Å². The van der Waals surface area contributed by atoms with Gasteiger partial charge in [0.05, 0.1) is 6.61 Å². The Morgan fingerprint density at radius 1 is 1.47 bits per heavy atom. The summed E-state index contributed by atoms with van der Waals surface area (Å²) in [6, 6.07) is 4.35. The number of aromatic nitrogens is 1. The van der Waals surface area contributed by atoms with Crippen LogP contribution >= 0.6 is 0 Å². The van der Waals surface area contributed by atoms with E-state index in [2.05, 4.69) is 36.2 Å². The second-order valence-electron chi connectivity index (χ2n) is 5.25. The smallest absolute Gasteiger partial charge is 0.128 e. The van der Waals surface area contributed by atoms with E-state index in [9.17, 15) is 0 Å². The monoisotopic (exact) mass is 263 g/mol. The highest BCUT2D eigenvalue weighted by atomic mass is 16.5. The predicted octanol–water partition coefficient (Wildman–Crippen LogP) is 1.97. The molecule has 0 saturated carbocycles. The Labute approximate surface area is 116 Å². The molecule has 106 valence electrons. The number of nitrogens with zero attached hydrogens (tertiary/aromatic N) is 2. The van der Waals surface area contributed by atoms with E-state index in [4.69, 9.17) is 9.72 Å². The van der Waals surface area contributed by atoms with Gasteiger partial charge in [0.1, 0.15) is 5.82 Å². The maximum absolute atomic E-state index is 5.24. The molecule has 2 rings (SSSR count). The first-order chi connectivity index (χ1) is 9.24. The number of methoxy groups -OCH3 is 1. The van der Waals surface area contributed by atoms with Gasteiger partial charge in [-0.05, 0) is 31.5 Å². The van der Waals surface area contributed by atoms with Crippen LogP contribution < -0.4 is 10.2 Å². The molecule has 1 fully saturated rings. The lowest BCUT2D eigenvalue weighted by atomic mass is 10.1. The SMILES string of the molecule is CCNCc1ccc(N2CCC(COC)C2)nc1C. The van der Waals surface area contributed by atoms with Gasteiger partial charge in [0, 0.05) is 38.4 Å². The average molecular weight is 263 g/mol. The number of anilines is 1. The minimum atomic E-state index is 0.647. The fraction of sp³-hybridized carbons (Fsp3) is 0.667. The molecule has 1 aliphatic heterocycles. The lowest BCUT2D eigenvalue weighted by molar-refractivity contribution is 0.161. The van der Waals surface area contributed by atoms with Crippen molar-refractivity contribution in [3.05, 3.63) is 23.4 Å². The Morgan fingerprint density at radius 3 is 3.00 bits per heavy atom. The number of aryl methyl sites for hydroxylation is 1. The molecule has 1 aromatic heterocycles. The van der Waals surface area contributed by atoms with Crippen LogP contribution in [0.5, 0.6) is 0 Å². The standard InChI is InChI=1S/C15H25N3O/c1-4-16-9-14-5-6-15(17-12(14)2)18-8-7-13(10-18)11-19-3/h5-6,13,16H,4,7-11H2,1-3H3. The van der Waals surface area contributed by atoms with Gasteiger partial charge in [-0.25, -0.2) is 4.98 Å². The van der Waals surface area contributed by atoms with E-state index < -0.39 is 0 Å². The van der Waals surface area contributed by atoms with Crippen molar-refractivity contribution in [3.8, 4) is 0 Å². The Balaban J connectivity index is 2.00. The number of hydrogen-bond donors (Lipinski definition) is 1. The number of rotatable bonds is 6. The predicted molar refractivity (Wildman–Crippen MR) is 78.6 cm³/mol. The summed E-state index contributed by atoms with van der Waals surface area (Å²) in [4.78, 5) is 7.12. The molecule has 0 aliphatic carbocycles. The van der Waals surface area contributed by atoms with Crippen molar-refractivity contribution in [1.82, 2.24) is 10.3 Å². The lowest BCUT2D eigenvalue weighted by Gasteiger charge is -2.19. The van der Waals surface area contributed by atoms with Crippen molar-refractivity contribution < 1.29 is 4.74 Å². The molecule has 0 bridgehead atoms. The van der Waals surface area contributed by atoms with Gasteiger partial charge in [0.15, 0.2) is 0 Å². The lowest BCUT2D eigenvalue weighted by Crippen LogP contribution is -2.22. The summed E-state index contributed by atoms with van der Waals surface area (Å²) in [6.45, 7) is 9.12. The molecule has 1 unspecified atom stereocenters. The summed E-state index contributed by atoms with van der Waals surface area (Å²) < 4.78 is 5.24. The quantitative estimate of drug-likeness (QED) is 0.851. The first-order valence-corrected chi connectivity index (χ1v) is 7.15. The van der Waals surface area contributed by atoms with Crippen molar-refractivity contribution in [2.24, 2.45) is 5.92 Å². The molecule has 0 amide bonds. The van der Waals surface area contributed by atoms with Gasteiger partial charge >= 0.3 is 0 Å². The van der Waals surface area contributed by atoms with Crippen LogP contribution in [0.4, 0.5) is 5.82 Å². The highest BCUT2D eigenvalue weighted by Gasteiger charge is 2.23. The molecule has 1 N–H and O–H groups in total. The summed E-state index contributed by atoms with van der Waals surface area (Å²) in [6.07, 6.45) is 1.20.